The Morgan fingerprint density at radius 1 is 1.41 bits per heavy atom. The number of anilines is 1. The highest BCUT2D eigenvalue weighted by molar-refractivity contribution is 5.79. The Morgan fingerprint density at radius 3 is 2.76 bits per heavy atom. The van der Waals surface area contributed by atoms with Gasteiger partial charge in [-0.25, -0.2) is 0 Å². The Hall–Kier alpha value is -1.55. The summed E-state index contributed by atoms with van der Waals surface area (Å²) in [6.07, 6.45) is 2.28. The van der Waals surface area contributed by atoms with Gasteiger partial charge in [0.15, 0.2) is 0 Å². The lowest BCUT2D eigenvalue weighted by Crippen LogP contribution is -2.38. The smallest absolute Gasteiger partial charge is 0.227 e. The molecule has 1 aliphatic rings. The molecule has 0 saturated carbocycles. The quantitative estimate of drug-likeness (QED) is 0.760. The molecule has 17 heavy (non-hydrogen) atoms. The monoisotopic (exact) mass is 234 g/mol. The fraction of sp³-hybridized carbons (Fsp3) is 0.462. The van der Waals surface area contributed by atoms with E-state index in [9.17, 15) is 9.90 Å². The molecular weight excluding hydrogens is 216 g/mol. The SMILES string of the molecule is Nc1ccc(CC(=O)N2CCC[C@@H]2CO)cc1. The lowest BCUT2D eigenvalue weighted by atomic mass is 10.1. The molecule has 0 spiro atoms. The molecule has 1 aromatic carbocycles. The second kappa shape index (κ2) is 5.19. The van der Waals surface area contributed by atoms with Crippen molar-refractivity contribution in [3.8, 4) is 0 Å². The number of nitrogen functional groups attached to an aromatic ring is 1. The molecule has 1 atom stereocenters. The van der Waals surface area contributed by atoms with Crippen molar-refractivity contribution in [2.24, 2.45) is 0 Å². The summed E-state index contributed by atoms with van der Waals surface area (Å²) in [6, 6.07) is 7.36. The zero-order valence-corrected chi connectivity index (χ0v) is 9.80. The summed E-state index contributed by atoms with van der Waals surface area (Å²) in [7, 11) is 0. The number of hydrogen-bond acceptors (Lipinski definition) is 3. The van der Waals surface area contributed by atoms with Crippen LogP contribution in [0.5, 0.6) is 0 Å². The number of amides is 1. The van der Waals surface area contributed by atoms with Crippen LogP contribution in [-0.4, -0.2) is 35.1 Å². The van der Waals surface area contributed by atoms with Gasteiger partial charge in [-0.15, -0.1) is 0 Å². The molecule has 3 N–H and O–H groups in total. The number of hydrogen-bond donors (Lipinski definition) is 2. The van der Waals surface area contributed by atoms with Crippen molar-refractivity contribution in [2.75, 3.05) is 18.9 Å². The summed E-state index contributed by atoms with van der Waals surface area (Å²) in [5.41, 5.74) is 7.26. The maximum absolute atomic E-state index is 12.1. The topological polar surface area (TPSA) is 66.6 Å². The Labute approximate surface area is 101 Å². The largest absolute Gasteiger partial charge is 0.399 e. The molecule has 92 valence electrons. The van der Waals surface area contributed by atoms with Crippen LogP contribution in [0.15, 0.2) is 24.3 Å². The molecule has 1 heterocycles. The van der Waals surface area contributed by atoms with Crippen LogP contribution in [0, 0.1) is 0 Å². The molecule has 0 unspecified atom stereocenters. The van der Waals surface area contributed by atoms with Gasteiger partial charge < -0.3 is 15.7 Å². The minimum Gasteiger partial charge on any atom is -0.399 e. The van der Waals surface area contributed by atoms with Gasteiger partial charge >= 0.3 is 0 Å². The van der Waals surface area contributed by atoms with E-state index < -0.39 is 0 Å². The average molecular weight is 234 g/mol. The number of likely N-dealkylation sites (tertiary alicyclic amines) is 1. The van der Waals surface area contributed by atoms with Gasteiger partial charge in [-0.1, -0.05) is 12.1 Å². The Kier molecular flexibility index (Phi) is 3.64. The van der Waals surface area contributed by atoms with E-state index in [2.05, 4.69) is 0 Å². The molecule has 1 fully saturated rings. The summed E-state index contributed by atoms with van der Waals surface area (Å²) in [6.45, 7) is 0.826. The van der Waals surface area contributed by atoms with E-state index in [1.54, 1.807) is 17.0 Å². The second-order valence-electron chi connectivity index (χ2n) is 4.48. The number of nitrogens with zero attached hydrogens (tertiary/aromatic N) is 1. The first-order chi connectivity index (χ1) is 8.20. The fourth-order valence-electron chi connectivity index (χ4n) is 2.27. The molecule has 0 bridgehead atoms. The molecule has 0 aliphatic carbocycles. The van der Waals surface area contributed by atoms with Crippen LogP contribution in [0.4, 0.5) is 5.69 Å². The van der Waals surface area contributed by atoms with Gasteiger partial charge in [0.2, 0.25) is 5.91 Å². The average Bonchev–Trinajstić information content (AvgIpc) is 2.80. The molecule has 1 aromatic rings. The second-order valence-corrected chi connectivity index (χ2v) is 4.48. The van der Waals surface area contributed by atoms with Crippen molar-refractivity contribution in [3.05, 3.63) is 29.8 Å². The van der Waals surface area contributed by atoms with E-state index in [0.29, 0.717) is 12.1 Å². The van der Waals surface area contributed by atoms with Gasteiger partial charge in [-0.2, -0.15) is 0 Å². The van der Waals surface area contributed by atoms with Crippen molar-refractivity contribution in [1.29, 1.82) is 0 Å². The molecule has 1 amide bonds. The van der Waals surface area contributed by atoms with E-state index in [1.165, 1.54) is 0 Å². The summed E-state index contributed by atoms with van der Waals surface area (Å²) in [4.78, 5) is 13.8. The van der Waals surface area contributed by atoms with Crippen LogP contribution in [0.2, 0.25) is 0 Å². The highest BCUT2D eigenvalue weighted by Gasteiger charge is 2.27. The lowest BCUT2D eigenvalue weighted by Gasteiger charge is -2.23. The van der Waals surface area contributed by atoms with Gasteiger partial charge in [-0.05, 0) is 30.5 Å². The van der Waals surface area contributed by atoms with Crippen molar-refractivity contribution in [3.63, 3.8) is 0 Å². The first-order valence-electron chi connectivity index (χ1n) is 5.95. The normalized spacial score (nSPS) is 19.6. The van der Waals surface area contributed by atoms with Gasteiger partial charge in [0.25, 0.3) is 0 Å². The minimum atomic E-state index is 0.0104. The Bertz CT molecular complexity index is 389. The molecule has 1 saturated heterocycles. The van der Waals surface area contributed by atoms with Crippen molar-refractivity contribution in [1.82, 2.24) is 4.90 Å². The lowest BCUT2D eigenvalue weighted by molar-refractivity contribution is -0.131. The number of aliphatic hydroxyl groups is 1. The number of benzene rings is 1. The van der Waals surface area contributed by atoms with Crippen LogP contribution in [-0.2, 0) is 11.2 Å². The van der Waals surface area contributed by atoms with Gasteiger partial charge in [0.1, 0.15) is 0 Å². The standard InChI is InChI=1S/C13H18N2O2/c14-11-5-3-10(4-6-11)8-13(17)15-7-1-2-12(15)9-16/h3-6,12,16H,1-2,7-9,14H2/t12-/m1/s1. The van der Waals surface area contributed by atoms with E-state index in [0.717, 1.165) is 24.9 Å². The van der Waals surface area contributed by atoms with Gasteiger partial charge in [0, 0.05) is 12.2 Å². The Morgan fingerprint density at radius 2 is 2.12 bits per heavy atom. The first kappa shape index (κ1) is 11.9. The number of nitrogens with two attached hydrogens (primary N) is 1. The number of carbonyl (C=O) groups is 1. The molecule has 4 nitrogen and oxygen atoms in total. The summed E-state index contributed by atoms with van der Waals surface area (Å²) in [5.74, 6) is 0.0892. The number of carbonyl (C=O) groups excluding carboxylic acids is 1. The van der Waals surface area contributed by atoms with Crippen LogP contribution >= 0.6 is 0 Å². The van der Waals surface area contributed by atoms with Crippen LogP contribution < -0.4 is 5.73 Å². The van der Waals surface area contributed by atoms with Crippen LogP contribution in [0.1, 0.15) is 18.4 Å². The molecule has 0 radical (unpaired) electrons. The zero-order valence-electron chi connectivity index (χ0n) is 9.80. The summed E-state index contributed by atoms with van der Waals surface area (Å²) >= 11 is 0. The number of rotatable bonds is 3. The van der Waals surface area contributed by atoms with E-state index >= 15 is 0 Å². The van der Waals surface area contributed by atoms with E-state index in [-0.39, 0.29) is 18.6 Å². The van der Waals surface area contributed by atoms with Crippen LogP contribution in [0.3, 0.4) is 0 Å². The maximum atomic E-state index is 12.1. The van der Waals surface area contributed by atoms with E-state index in [4.69, 9.17) is 5.73 Å². The predicted molar refractivity (Wildman–Crippen MR) is 66.4 cm³/mol. The van der Waals surface area contributed by atoms with Gasteiger partial charge in [-0.3, -0.25) is 4.79 Å². The highest BCUT2D eigenvalue weighted by Crippen LogP contribution is 2.18. The van der Waals surface area contributed by atoms with Crippen molar-refractivity contribution >= 4 is 11.6 Å². The molecule has 4 heteroatoms. The third-order valence-electron chi connectivity index (χ3n) is 3.24. The fourth-order valence-corrected chi connectivity index (χ4v) is 2.27. The molecule has 1 aliphatic heterocycles. The van der Waals surface area contributed by atoms with Gasteiger partial charge in [0.05, 0.1) is 19.1 Å². The van der Waals surface area contributed by atoms with E-state index in [1.807, 2.05) is 12.1 Å². The molecule has 0 aromatic heterocycles. The molecular formula is C13H18N2O2. The summed E-state index contributed by atoms with van der Waals surface area (Å²) < 4.78 is 0. The zero-order chi connectivity index (χ0) is 12.3. The third-order valence-corrected chi connectivity index (χ3v) is 3.24. The third kappa shape index (κ3) is 2.77. The maximum Gasteiger partial charge on any atom is 0.227 e. The predicted octanol–water partition coefficient (Wildman–Crippen LogP) is 0.795. The highest BCUT2D eigenvalue weighted by atomic mass is 16.3. The number of aliphatic hydroxyl groups excluding tert-OH is 1. The summed E-state index contributed by atoms with van der Waals surface area (Å²) in [5, 5.41) is 9.18. The first-order valence-corrected chi connectivity index (χ1v) is 5.95. The van der Waals surface area contributed by atoms with Crippen molar-refractivity contribution < 1.29 is 9.90 Å². The van der Waals surface area contributed by atoms with Crippen LogP contribution in [0.25, 0.3) is 0 Å². The minimum absolute atomic E-state index is 0.0104. The molecule has 2 rings (SSSR count). The van der Waals surface area contributed by atoms with Crippen molar-refractivity contribution in [2.45, 2.75) is 25.3 Å². The Balaban J connectivity index is 1.99.